The Morgan fingerprint density at radius 1 is 1.16 bits per heavy atom. The molecule has 0 spiro atoms. The SMILES string of the molecule is CNC(=O)[C@@H](Cc1ccccc1)NS(=O)(=O)c1ccc(OC)c(C)c1. The van der Waals surface area contributed by atoms with Crippen molar-refractivity contribution in [1.29, 1.82) is 0 Å². The zero-order valence-electron chi connectivity index (χ0n) is 14.4. The zero-order chi connectivity index (χ0) is 18.4. The number of likely N-dealkylation sites (N-methyl/N-ethyl adjacent to an activating group) is 1. The number of rotatable bonds is 7. The number of ether oxygens (including phenoxy) is 1. The average molecular weight is 362 g/mol. The first-order chi connectivity index (χ1) is 11.9. The molecule has 0 radical (unpaired) electrons. The van der Waals surface area contributed by atoms with Crippen LogP contribution in [0.25, 0.3) is 0 Å². The summed E-state index contributed by atoms with van der Waals surface area (Å²) in [5.74, 6) is 0.212. The van der Waals surface area contributed by atoms with Crippen molar-refractivity contribution in [3.05, 3.63) is 59.7 Å². The number of hydrogen-bond acceptors (Lipinski definition) is 4. The summed E-state index contributed by atoms with van der Waals surface area (Å²) in [7, 11) is -0.846. The van der Waals surface area contributed by atoms with Crippen LogP contribution >= 0.6 is 0 Å². The van der Waals surface area contributed by atoms with E-state index < -0.39 is 22.0 Å². The minimum atomic E-state index is -3.85. The lowest BCUT2D eigenvalue weighted by molar-refractivity contribution is -0.122. The highest BCUT2D eigenvalue weighted by Gasteiger charge is 2.25. The minimum Gasteiger partial charge on any atom is -0.496 e. The molecule has 0 unspecified atom stereocenters. The molecule has 2 rings (SSSR count). The summed E-state index contributed by atoms with van der Waals surface area (Å²) in [5, 5.41) is 2.50. The molecular formula is C18H22N2O4S. The van der Waals surface area contributed by atoms with E-state index in [9.17, 15) is 13.2 Å². The molecule has 0 aliphatic heterocycles. The van der Waals surface area contributed by atoms with Crippen LogP contribution in [-0.2, 0) is 21.2 Å². The maximum Gasteiger partial charge on any atom is 0.241 e. The number of amides is 1. The molecule has 0 aliphatic carbocycles. The van der Waals surface area contributed by atoms with E-state index in [0.29, 0.717) is 11.3 Å². The lowest BCUT2D eigenvalue weighted by Gasteiger charge is -2.18. The molecule has 0 aliphatic rings. The predicted molar refractivity (Wildman–Crippen MR) is 96.1 cm³/mol. The fourth-order valence-electron chi connectivity index (χ4n) is 2.49. The highest BCUT2D eigenvalue weighted by atomic mass is 32.2. The summed E-state index contributed by atoms with van der Waals surface area (Å²) in [4.78, 5) is 12.2. The molecule has 0 bridgehead atoms. The topological polar surface area (TPSA) is 84.5 Å². The summed E-state index contributed by atoms with van der Waals surface area (Å²) in [6.45, 7) is 1.76. The first-order valence-electron chi connectivity index (χ1n) is 7.80. The molecule has 2 aromatic rings. The molecule has 1 atom stereocenters. The standard InChI is InChI=1S/C18H22N2O4S/c1-13-11-15(9-10-17(13)24-3)25(22,23)20-16(18(21)19-2)12-14-7-5-4-6-8-14/h4-11,16,20H,12H2,1-3H3,(H,19,21)/t16-/m1/s1. The molecule has 0 saturated heterocycles. The van der Waals surface area contributed by atoms with Crippen LogP contribution < -0.4 is 14.8 Å². The molecule has 0 fully saturated rings. The molecule has 1 amide bonds. The normalized spacial score (nSPS) is 12.4. The van der Waals surface area contributed by atoms with Crippen LogP contribution in [0.5, 0.6) is 5.75 Å². The van der Waals surface area contributed by atoms with Gasteiger partial charge in [-0.2, -0.15) is 4.72 Å². The van der Waals surface area contributed by atoms with Gasteiger partial charge in [0.2, 0.25) is 15.9 Å². The number of carbonyl (C=O) groups is 1. The van der Waals surface area contributed by atoms with E-state index in [2.05, 4.69) is 10.0 Å². The molecule has 6 nitrogen and oxygen atoms in total. The van der Waals surface area contributed by atoms with Crippen molar-refractivity contribution in [1.82, 2.24) is 10.0 Å². The Hall–Kier alpha value is -2.38. The Bertz CT molecular complexity index is 835. The Kier molecular flexibility index (Phi) is 6.17. The average Bonchev–Trinajstić information content (AvgIpc) is 2.61. The van der Waals surface area contributed by atoms with Gasteiger partial charge < -0.3 is 10.1 Å². The van der Waals surface area contributed by atoms with Gasteiger partial charge in [0.15, 0.2) is 0 Å². The maximum absolute atomic E-state index is 12.7. The van der Waals surface area contributed by atoms with E-state index >= 15 is 0 Å². The van der Waals surface area contributed by atoms with Crippen molar-refractivity contribution >= 4 is 15.9 Å². The van der Waals surface area contributed by atoms with Crippen LogP contribution in [0.15, 0.2) is 53.4 Å². The first kappa shape index (κ1) is 19.0. The number of carbonyl (C=O) groups excluding carboxylic acids is 1. The fraction of sp³-hybridized carbons (Fsp3) is 0.278. The van der Waals surface area contributed by atoms with Crippen molar-refractivity contribution in [2.24, 2.45) is 0 Å². The monoisotopic (exact) mass is 362 g/mol. The van der Waals surface area contributed by atoms with E-state index in [0.717, 1.165) is 5.56 Å². The van der Waals surface area contributed by atoms with Crippen LogP contribution in [0.2, 0.25) is 0 Å². The van der Waals surface area contributed by atoms with Crippen molar-refractivity contribution < 1.29 is 17.9 Å². The maximum atomic E-state index is 12.7. The van der Waals surface area contributed by atoms with Gasteiger partial charge in [-0.15, -0.1) is 0 Å². The van der Waals surface area contributed by atoms with Gasteiger partial charge in [0.05, 0.1) is 12.0 Å². The van der Waals surface area contributed by atoms with Gasteiger partial charge in [0.25, 0.3) is 0 Å². The summed E-state index contributed by atoms with van der Waals surface area (Å²) < 4.78 is 33.0. The molecule has 0 aromatic heterocycles. The Balaban J connectivity index is 2.27. The molecule has 0 heterocycles. The number of methoxy groups -OCH3 is 1. The largest absolute Gasteiger partial charge is 0.496 e. The zero-order valence-corrected chi connectivity index (χ0v) is 15.3. The lowest BCUT2D eigenvalue weighted by Crippen LogP contribution is -2.46. The summed E-state index contributed by atoms with van der Waals surface area (Å²) in [6.07, 6.45) is 0.259. The number of sulfonamides is 1. The van der Waals surface area contributed by atoms with Crippen molar-refractivity contribution in [2.75, 3.05) is 14.2 Å². The van der Waals surface area contributed by atoms with Gasteiger partial charge in [-0.05, 0) is 42.7 Å². The molecular weight excluding hydrogens is 340 g/mol. The third kappa shape index (κ3) is 4.80. The minimum absolute atomic E-state index is 0.0905. The fourth-order valence-corrected chi connectivity index (χ4v) is 3.77. The van der Waals surface area contributed by atoms with E-state index in [-0.39, 0.29) is 11.3 Å². The predicted octanol–water partition coefficient (Wildman–Crippen LogP) is 1.64. The van der Waals surface area contributed by atoms with Crippen LogP contribution in [0, 0.1) is 6.92 Å². The third-order valence-corrected chi connectivity index (χ3v) is 5.29. The molecule has 7 heteroatoms. The number of hydrogen-bond donors (Lipinski definition) is 2. The second kappa shape index (κ2) is 8.13. The van der Waals surface area contributed by atoms with Gasteiger partial charge in [0.1, 0.15) is 11.8 Å². The Labute approximate surface area is 148 Å². The second-order valence-electron chi connectivity index (χ2n) is 5.61. The van der Waals surface area contributed by atoms with Gasteiger partial charge >= 0.3 is 0 Å². The van der Waals surface area contributed by atoms with Gasteiger partial charge in [-0.25, -0.2) is 8.42 Å². The Morgan fingerprint density at radius 3 is 2.40 bits per heavy atom. The van der Waals surface area contributed by atoms with Crippen molar-refractivity contribution in [2.45, 2.75) is 24.3 Å². The number of benzene rings is 2. The highest BCUT2D eigenvalue weighted by Crippen LogP contribution is 2.21. The summed E-state index contributed by atoms with van der Waals surface area (Å²) >= 11 is 0. The lowest BCUT2D eigenvalue weighted by atomic mass is 10.1. The van der Waals surface area contributed by atoms with Crippen molar-refractivity contribution in [3.8, 4) is 5.75 Å². The van der Waals surface area contributed by atoms with Crippen LogP contribution in [0.3, 0.4) is 0 Å². The number of nitrogens with one attached hydrogen (secondary N) is 2. The second-order valence-corrected chi connectivity index (χ2v) is 7.32. The van der Waals surface area contributed by atoms with Crippen molar-refractivity contribution in [3.63, 3.8) is 0 Å². The van der Waals surface area contributed by atoms with Crippen LogP contribution in [0.1, 0.15) is 11.1 Å². The Morgan fingerprint density at radius 2 is 1.84 bits per heavy atom. The smallest absolute Gasteiger partial charge is 0.241 e. The molecule has 2 aromatic carbocycles. The van der Waals surface area contributed by atoms with Crippen LogP contribution in [-0.4, -0.2) is 34.5 Å². The van der Waals surface area contributed by atoms with Gasteiger partial charge in [-0.1, -0.05) is 30.3 Å². The molecule has 2 N–H and O–H groups in total. The van der Waals surface area contributed by atoms with E-state index in [1.165, 1.54) is 26.3 Å². The summed E-state index contributed by atoms with van der Waals surface area (Å²) in [5.41, 5.74) is 1.56. The first-order valence-corrected chi connectivity index (χ1v) is 9.28. The van der Waals surface area contributed by atoms with Gasteiger partial charge in [0, 0.05) is 7.05 Å². The molecule has 0 saturated carbocycles. The highest BCUT2D eigenvalue weighted by molar-refractivity contribution is 7.89. The quantitative estimate of drug-likeness (QED) is 0.784. The van der Waals surface area contributed by atoms with Crippen LogP contribution in [0.4, 0.5) is 0 Å². The van der Waals surface area contributed by atoms with E-state index in [1.807, 2.05) is 30.3 Å². The molecule has 25 heavy (non-hydrogen) atoms. The van der Waals surface area contributed by atoms with Gasteiger partial charge in [-0.3, -0.25) is 4.79 Å². The van der Waals surface area contributed by atoms with E-state index in [4.69, 9.17) is 4.74 Å². The number of aryl methyl sites for hydroxylation is 1. The molecule has 134 valence electrons. The third-order valence-electron chi connectivity index (χ3n) is 3.82. The summed E-state index contributed by atoms with van der Waals surface area (Å²) in [6, 6.07) is 12.9. The van der Waals surface area contributed by atoms with E-state index in [1.54, 1.807) is 13.0 Å².